The van der Waals surface area contributed by atoms with Crippen LogP contribution in [0.1, 0.15) is 62.9 Å². The lowest BCUT2D eigenvalue weighted by molar-refractivity contribution is -0.0579. The molecule has 0 aliphatic heterocycles. The number of rotatable bonds is 1. The van der Waals surface area contributed by atoms with Crippen LogP contribution in [-0.2, 0) is 6.42 Å². The highest BCUT2D eigenvalue weighted by molar-refractivity contribution is 9.10. The van der Waals surface area contributed by atoms with Crippen LogP contribution in [0.2, 0.25) is 0 Å². The Labute approximate surface area is 192 Å². The van der Waals surface area contributed by atoms with Crippen LogP contribution in [0, 0.1) is 28.6 Å². The zero-order chi connectivity index (χ0) is 20.7. The van der Waals surface area contributed by atoms with Crippen LogP contribution in [-0.4, -0.2) is 16.2 Å². The van der Waals surface area contributed by atoms with Crippen molar-refractivity contribution in [1.29, 1.82) is 0 Å². The van der Waals surface area contributed by atoms with E-state index in [2.05, 4.69) is 60.1 Å². The monoisotopic (exact) mass is 483 g/mol. The van der Waals surface area contributed by atoms with Crippen molar-refractivity contribution >= 4 is 32.8 Å². The van der Waals surface area contributed by atoms with Crippen LogP contribution in [0.3, 0.4) is 0 Å². The Morgan fingerprint density at radius 3 is 2.67 bits per heavy atom. The SMILES string of the molecule is C[C@]12CC[C@H]3[C@@H](CC=C4c5sc(-c6ccc(Br)cc6)nc5CC[C@@]43C)[C@@H]1CC[C@@H]2O. The van der Waals surface area contributed by atoms with Crippen molar-refractivity contribution in [3.05, 3.63) is 45.4 Å². The molecule has 158 valence electrons. The van der Waals surface area contributed by atoms with E-state index in [9.17, 15) is 5.11 Å². The van der Waals surface area contributed by atoms with Gasteiger partial charge in [0.2, 0.25) is 0 Å². The topological polar surface area (TPSA) is 33.1 Å². The Bertz CT molecular complexity index is 1030. The molecule has 2 aromatic rings. The van der Waals surface area contributed by atoms with Gasteiger partial charge in [0.1, 0.15) is 5.01 Å². The zero-order valence-electron chi connectivity index (χ0n) is 17.8. The third-order valence-electron chi connectivity index (χ3n) is 9.33. The van der Waals surface area contributed by atoms with Crippen LogP contribution in [0.15, 0.2) is 34.8 Å². The van der Waals surface area contributed by atoms with E-state index in [1.807, 2.05) is 11.3 Å². The van der Waals surface area contributed by atoms with E-state index >= 15 is 0 Å². The van der Waals surface area contributed by atoms with Gasteiger partial charge in [-0.15, -0.1) is 11.3 Å². The summed E-state index contributed by atoms with van der Waals surface area (Å²) in [5, 5.41) is 11.9. The standard InChI is InChI=1S/C26H30BrNOS/c1-25-14-12-21-23(30-24(28-21)15-3-5-16(27)6-4-15)20(25)8-7-17-18-9-10-22(29)26(18,2)13-11-19(17)25/h3-6,8,17-19,22,29H,7,9-14H2,1-2H3/t17-,18-,19-,22-,25+,26-/m0/s1. The molecule has 0 unspecified atom stereocenters. The van der Waals surface area contributed by atoms with E-state index in [1.54, 1.807) is 5.57 Å². The van der Waals surface area contributed by atoms with Crippen molar-refractivity contribution < 1.29 is 5.11 Å². The van der Waals surface area contributed by atoms with Crippen LogP contribution < -0.4 is 0 Å². The summed E-state index contributed by atoms with van der Waals surface area (Å²) >= 11 is 5.45. The van der Waals surface area contributed by atoms with Crippen molar-refractivity contribution in [2.75, 3.05) is 0 Å². The fourth-order valence-electron chi connectivity index (χ4n) is 7.56. The van der Waals surface area contributed by atoms with Gasteiger partial charge in [-0.25, -0.2) is 4.98 Å². The van der Waals surface area contributed by atoms with Gasteiger partial charge in [0, 0.05) is 10.0 Å². The van der Waals surface area contributed by atoms with Crippen LogP contribution in [0.4, 0.5) is 0 Å². The Morgan fingerprint density at radius 2 is 1.87 bits per heavy atom. The highest BCUT2D eigenvalue weighted by atomic mass is 79.9. The fraction of sp³-hybridized carbons (Fsp3) is 0.577. The van der Waals surface area contributed by atoms with Gasteiger partial charge in [0.05, 0.1) is 16.7 Å². The molecule has 0 saturated heterocycles. The predicted octanol–water partition coefficient (Wildman–Crippen LogP) is 7.12. The molecule has 2 nitrogen and oxygen atoms in total. The molecule has 1 aromatic heterocycles. The summed E-state index contributed by atoms with van der Waals surface area (Å²) in [4.78, 5) is 6.54. The molecule has 2 saturated carbocycles. The number of halogens is 1. The first-order valence-corrected chi connectivity index (χ1v) is 13.2. The van der Waals surface area contributed by atoms with Gasteiger partial charge in [0.15, 0.2) is 0 Å². The summed E-state index contributed by atoms with van der Waals surface area (Å²) in [7, 11) is 0. The molecule has 2 fully saturated rings. The number of allylic oxidation sites excluding steroid dienone is 2. The molecule has 4 aliphatic rings. The summed E-state index contributed by atoms with van der Waals surface area (Å²) in [5.74, 6) is 2.20. The lowest BCUT2D eigenvalue weighted by Crippen LogP contribution is -2.50. The van der Waals surface area contributed by atoms with E-state index in [0.29, 0.717) is 5.92 Å². The number of thiazole rings is 1. The maximum absolute atomic E-state index is 10.7. The first-order chi connectivity index (χ1) is 14.4. The van der Waals surface area contributed by atoms with Crippen molar-refractivity contribution in [3.8, 4) is 10.6 Å². The minimum atomic E-state index is -0.0884. The first-order valence-electron chi connectivity index (χ1n) is 11.5. The molecular formula is C26H30BrNOS. The molecule has 0 bridgehead atoms. The van der Waals surface area contributed by atoms with Gasteiger partial charge in [0.25, 0.3) is 0 Å². The third-order valence-corrected chi connectivity index (χ3v) is 11.0. The quantitative estimate of drug-likeness (QED) is 0.468. The minimum Gasteiger partial charge on any atom is -0.393 e. The molecule has 1 N–H and O–H groups in total. The van der Waals surface area contributed by atoms with Crippen molar-refractivity contribution in [2.24, 2.45) is 28.6 Å². The number of aryl methyl sites for hydroxylation is 1. The second-order valence-electron chi connectivity index (χ2n) is 10.6. The highest BCUT2D eigenvalue weighted by Crippen LogP contribution is 2.66. The van der Waals surface area contributed by atoms with E-state index in [0.717, 1.165) is 34.2 Å². The minimum absolute atomic E-state index is 0.0884. The van der Waals surface area contributed by atoms with E-state index in [-0.39, 0.29) is 16.9 Å². The number of fused-ring (bicyclic) bond motifs is 7. The molecule has 1 heterocycles. The highest BCUT2D eigenvalue weighted by Gasteiger charge is 2.58. The number of aromatic nitrogens is 1. The average molecular weight is 485 g/mol. The maximum Gasteiger partial charge on any atom is 0.124 e. The average Bonchev–Trinajstić information content (AvgIpc) is 3.29. The largest absolute Gasteiger partial charge is 0.393 e. The lowest BCUT2D eigenvalue weighted by atomic mass is 9.48. The van der Waals surface area contributed by atoms with Crippen LogP contribution in [0.5, 0.6) is 0 Å². The van der Waals surface area contributed by atoms with Crippen molar-refractivity contribution in [3.63, 3.8) is 0 Å². The summed E-state index contributed by atoms with van der Waals surface area (Å²) < 4.78 is 1.11. The molecule has 4 aliphatic carbocycles. The van der Waals surface area contributed by atoms with E-state index in [1.165, 1.54) is 48.2 Å². The number of aliphatic hydroxyl groups excluding tert-OH is 1. The second-order valence-corrected chi connectivity index (χ2v) is 12.5. The predicted molar refractivity (Wildman–Crippen MR) is 127 cm³/mol. The Balaban J connectivity index is 1.38. The number of aliphatic hydroxyl groups is 1. The number of hydrogen-bond donors (Lipinski definition) is 1. The molecule has 6 rings (SSSR count). The maximum atomic E-state index is 10.7. The summed E-state index contributed by atoms with van der Waals surface area (Å²) in [6.07, 6.45) is 10.7. The Kier molecular flexibility index (Phi) is 4.44. The summed E-state index contributed by atoms with van der Waals surface area (Å²) in [6, 6.07) is 8.57. The molecular weight excluding hydrogens is 454 g/mol. The normalized spacial score (nSPS) is 39.5. The van der Waals surface area contributed by atoms with Crippen molar-refractivity contribution in [1.82, 2.24) is 4.98 Å². The molecule has 0 radical (unpaired) electrons. The molecule has 6 atom stereocenters. The first kappa shape index (κ1) is 19.7. The molecule has 30 heavy (non-hydrogen) atoms. The Hall–Kier alpha value is -0.970. The van der Waals surface area contributed by atoms with Gasteiger partial charge in [-0.3, -0.25) is 0 Å². The van der Waals surface area contributed by atoms with Gasteiger partial charge >= 0.3 is 0 Å². The fourth-order valence-corrected chi connectivity index (χ4v) is 9.12. The van der Waals surface area contributed by atoms with Gasteiger partial charge in [-0.2, -0.15) is 0 Å². The zero-order valence-corrected chi connectivity index (χ0v) is 20.2. The number of hydrogen-bond acceptors (Lipinski definition) is 3. The van der Waals surface area contributed by atoms with Crippen molar-refractivity contribution in [2.45, 2.75) is 64.9 Å². The number of nitrogens with zero attached hydrogens (tertiary/aromatic N) is 1. The van der Waals surface area contributed by atoms with E-state index in [4.69, 9.17) is 4.98 Å². The molecule has 0 amide bonds. The van der Waals surface area contributed by atoms with E-state index < -0.39 is 0 Å². The van der Waals surface area contributed by atoms with Gasteiger partial charge in [-0.05, 0) is 91.2 Å². The summed E-state index contributed by atoms with van der Waals surface area (Å²) in [5.41, 5.74) is 4.56. The molecule has 0 spiro atoms. The summed E-state index contributed by atoms with van der Waals surface area (Å²) in [6.45, 7) is 4.92. The van der Waals surface area contributed by atoms with Gasteiger partial charge < -0.3 is 5.11 Å². The second kappa shape index (κ2) is 6.76. The third kappa shape index (κ3) is 2.66. The Morgan fingerprint density at radius 1 is 1.07 bits per heavy atom. The van der Waals surface area contributed by atoms with Gasteiger partial charge in [-0.1, -0.05) is 48.0 Å². The smallest absolute Gasteiger partial charge is 0.124 e. The van der Waals surface area contributed by atoms with Crippen LogP contribution in [0.25, 0.3) is 16.1 Å². The lowest BCUT2D eigenvalue weighted by Gasteiger charge is -2.56. The number of benzene rings is 1. The molecule has 1 aromatic carbocycles. The van der Waals surface area contributed by atoms with Crippen LogP contribution >= 0.6 is 27.3 Å². The molecule has 4 heteroatoms.